The minimum Gasteiger partial charge on any atom is -0.408 e. The smallest absolute Gasteiger partial charge is 0.408 e. The molecule has 0 fully saturated rings. The largest absolute Gasteiger partial charge is 0.417 e. The van der Waals surface area contributed by atoms with E-state index in [1.165, 1.54) is 6.07 Å². The first-order chi connectivity index (χ1) is 12.1. The van der Waals surface area contributed by atoms with Crippen LogP contribution >= 0.6 is 11.6 Å². The summed E-state index contributed by atoms with van der Waals surface area (Å²) in [4.78, 5) is 26.0. The van der Waals surface area contributed by atoms with E-state index in [2.05, 4.69) is 15.5 Å². The van der Waals surface area contributed by atoms with Crippen molar-refractivity contribution in [1.82, 2.24) is 10.1 Å². The monoisotopic (exact) mass is 355 g/mol. The molecule has 0 aliphatic carbocycles. The molecular formula is C17H10ClN3O4. The highest BCUT2D eigenvalue weighted by Crippen LogP contribution is 2.23. The molecule has 0 aliphatic rings. The minimum atomic E-state index is -0.553. The van der Waals surface area contributed by atoms with E-state index in [9.17, 15) is 9.59 Å². The lowest BCUT2D eigenvalue weighted by Crippen LogP contribution is -2.11. The predicted octanol–water partition coefficient (Wildman–Crippen LogP) is 3.68. The van der Waals surface area contributed by atoms with E-state index < -0.39 is 11.7 Å². The Morgan fingerprint density at radius 3 is 2.72 bits per heavy atom. The Kier molecular flexibility index (Phi) is 3.62. The highest BCUT2D eigenvalue weighted by atomic mass is 35.5. The van der Waals surface area contributed by atoms with E-state index in [1.54, 1.807) is 42.5 Å². The van der Waals surface area contributed by atoms with E-state index in [0.717, 1.165) is 5.56 Å². The van der Waals surface area contributed by atoms with Gasteiger partial charge < -0.3 is 14.3 Å². The Morgan fingerprint density at radius 1 is 1.12 bits per heavy atom. The van der Waals surface area contributed by atoms with Crippen LogP contribution in [0.3, 0.4) is 0 Å². The third kappa shape index (κ3) is 3.05. The van der Waals surface area contributed by atoms with Crippen LogP contribution in [0.25, 0.3) is 22.4 Å². The van der Waals surface area contributed by atoms with Gasteiger partial charge in [-0.15, -0.1) is 0 Å². The van der Waals surface area contributed by atoms with Gasteiger partial charge in [0.15, 0.2) is 17.0 Å². The second-order valence-electron chi connectivity index (χ2n) is 5.26. The van der Waals surface area contributed by atoms with Crippen molar-refractivity contribution in [1.29, 1.82) is 0 Å². The van der Waals surface area contributed by atoms with E-state index in [1.807, 2.05) is 0 Å². The van der Waals surface area contributed by atoms with Gasteiger partial charge >= 0.3 is 5.76 Å². The molecule has 25 heavy (non-hydrogen) atoms. The lowest BCUT2D eigenvalue weighted by molar-refractivity contribution is 0.101. The number of nitrogens with one attached hydrogen (secondary N) is 2. The fraction of sp³-hybridized carbons (Fsp3) is 0. The van der Waals surface area contributed by atoms with Crippen LogP contribution in [0.2, 0.25) is 5.02 Å². The zero-order valence-corrected chi connectivity index (χ0v) is 13.3. The fourth-order valence-corrected chi connectivity index (χ4v) is 2.48. The molecular weight excluding hydrogens is 346 g/mol. The number of benzene rings is 2. The molecule has 1 amide bonds. The van der Waals surface area contributed by atoms with Gasteiger partial charge in [0.05, 0.1) is 5.52 Å². The van der Waals surface area contributed by atoms with Gasteiger partial charge in [-0.25, -0.2) is 4.79 Å². The van der Waals surface area contributed by atoms with Gasteiger partial charge in [0.1, 0.15) is 0 Å². The molecule has 0 aliphatic heterocycles. The van der Waals surface area contributed by atoms with Gasteiger partial charge in [0.25, 0.3) is 5.91 Å². The molecule has 2 aromatic heterocycles. The van der Waals surface area contributed by atoms with Crippen molar-refractivity contribution in [3.63, 3.8) is 0 Å². The third-order valence-corrected chi connectivity index (χ3v) is 3.80. The predicted molar refractivity (Wildman–Crippen MR) is 91.7 cm³/mol. The Morgan fingerprint density at radius 2 is 1.92 bits per heavy atom. The molecule has 2 N–H and O–H groups in total. The summed E-state index contributed by atoms with van der Waals surface area (Å²) in [7, 11) is 0. The van der Waals surface area contributed by atoms with Crippen molar-refractivity contribution in [2.24, 2.45) is 0 Å². The topological polar surface area (TPSA) is 101 Å². The average molecular weight is 356 g/mol. The van der Waals surface area contributed by atoms with Crippen LogP contribution in [0, 0.1) is 0 Å². The highest BCUT2D eigenvalue weighted by molar-refractivity contribution is 6.30. The van der Waals surface area contributed by atoms with Crippen LogP contribution in [-0.2, 0) is 0 Å². The first-order valence-electron chi connectivity index (χ1n) is 7.25. The molecule has 124 valence electrons. The summed E-state index contributed by atoms with van der Waals surface area (Å²) >= 11 is 5.85. The summed E-state index contributed by atoms with van der Waals surface area (Å²) in [5.41, 5.74) is 2.25. The number of fused-ring (bicyclic) bond motifs is 1. The Balaban J connectivity index is 1.56. The van der Waals surface area contributed by atoms with Gasteiger partial charge in [0.2, 0.25) is 0 Å². The maximum Gasteiger partial charge on any atom is 0.417 e. The van der Waals surface area contributed by atoms with Crippen LogP contribution in [0.15, 0.2) is 62.3 Å². The summed E-state index contributed by atoms with van der Waals surface area (Å²) in [6.07, 6.45) is 0. The number of hydrogen-bond acceptors (Lipinski definition) is 5. The number of nitrogens with zero attached hydrogens (tertiary/aromatic N) is 1. The van der Waals surface area contributed by atoms with Crippen LogP contribution in [0.4, 0.5) is 5.69 Å². The van der Waals surface area contributed by atoms with Crippen molar-refractivity contribution < 1.29 is 13.7 Å². The maximum atomic E-state index is 12.3. The summed E-state index contributed by atoms with van der Waals surface area (Å²) in [5, 5.41) is 7.06. The molecule has 0 spiro atoms. The Bertz CT molecular complexity index is 1120. The van der Waals surface area contributed by atoms with Gasteiger partial charge in [-0.05, 0) is 36.4 Å². The molecule has 0 saturated heterocycles. The molecule has 2 heterocycles. The van der Waals surface area contributed by atoms with Gasteiger partial charge in [-0.3, -0.25) is 9.78 Å². The number of carbonyl (C=O) groups is 1. The van der Waals surface area contributed by atoms with Crippen LogP contribution < -0.4 is 11.1 Å². The van der Waals surface area contributed by atoms with Crippen LogP contribution in [-0.4, -0.2) is 16.0 Å². The quantitative estimate of drug-likeness (QED) is 0.583. The number of amides is 1. The number of halogens is 1. The molecule has 0 bridgehead atoms. The summed E-state index contributed by atoms with van der Waals surface area (Å²) < 4.78 is 10.2. The minimum absolute atomic E-state index is 0.126. The normalized spacial score (nSPS) is 10.9. The molecule has 4 rings (SSSR count). The summed E-state index contributed by atoms with van der Waals surface area (Å²) in [6, 6.07) is 13.3. The fourth-order valence-electron chi connectivity index (χ4n) is 2.35. The number of oxazole rings is 1. The van der Waals surface area contributed by atoms with Gasteiger partial charge in [-0.2, -0.15) is 0 Å². The van der Waals surface area contributed by atoms with E-state index in [-0.39, 0.29) is 5.69 Å². The van der Waals surface area contributed by atoms with Crippen LogP contribution in [0.1, 0.15) is 10.5 Å². The second-order valence-corrected chi connectivity index (χ2v) is 5.70. The lowest BCUT2D eigenvalue weighted by Gasteiger charge is -2.01. The van der Waals surface area contributed by atoms with Crippen molar-refractivity contribution in [3.05, 3.63) is 69.8 Å². The van der Waals surface area contributed by atoms with Crippen molar-refractivity contribution >= 4 is 34.3 Å². The first-order valence-corrected chi connectivity index (χ1v) is 7.63. The Hall–Kier alpha value is -3.32. The first kappa shape index (κ1) is 15.2. The third-order valence-electron chi connectivity index (χ3n) is 3.55. The molecule has 0 saturated carbocycles. The zero-order chi connectivity index (χ0) is 17.4. The standard InChI is InChI=1S/C17H10ClN3O4/c18-10-3-1-9(2-4-10)14-8-13(21-25-14)16(22)19-11-5-6-12-15(7-11)24-17(23)20-12/h1-8H,(H,19,22)(H,20,23). The SMILES string of the molecule is O=C(Nc1ccc2[nH]c(=O)oc2c1)c1cc(-c2ccc(Cl)cc2)on1. The maximum absolute atomic E-state index is 12.3. The molecule has 0 unspecified atom stereocenters. The van der Waals surface area contributed by atoms with Crippen molar-refractivity contribution in [3.8, 4) is 11.3 Å². The molecule has 0 atom stereocenters. The van der Waals surface area contributed by atoms with Gasteiger partial charge in [-0.1, -0.05) is 16.8 Å². The Labute approximate surface area is 145 Å². The number of rotatable bonds is 3. The van der Waals surface area contributed by atoms with E-state index >= 15 is 0 Å². The molecule has 0 radical (unpaired) electrons. The average Bonchev–Trinajstić information content (AvgIpc) is 3.21. The number of H-pyrrole nitrogens is 1. The number of aromatic nitrogens is 2. The van der Waals surface area contributed by atoms with E-state index in [4.69, 9.17) is 20.5 Å². The van der Waals surface area contributed by atoms with Gasteiger partial charge in [0, 0.05) is 28.4 Å². The number of aromatic amines is 1. The lowest BCUT2D eigenvalue weighted by atomic mass is 10.1. The van der Waals surface area contributed by atoms with Crippen molar-refractivity contribution in [2.45, 2.75) is 0 Å². The second kappa shape index (κ2) is 5.95. The summed E-state index contributed by atoms with van der Waals surface area (Å²) in [6.45, 7) is 0. The number of hydrogen-bond donors (Lipinski definition) is 2. The highest BCUT2D eigenvalue weighted by Gasteiger charge is 2.14. The van der Waals surface area contributed by atoms with E-state index in [0.29, 0.717) is 27.6 Å². The van der Waals surface area contributed by atoms with Crippen LogP contribution in [0.5, 0.6) is 0 Å². The number of anilines is 1. The zero-order valence-electron chi connectivity index (χ0n) is 12.6. The molecule has 7 nitrogen and oxygen atoms in total. The molecule has 4 aromatic rings. The van der Waals surface area contributed by atoms with Crippen molar-refractivity contribution in [2.75, 3.05) is 5.32 Å². The number of carbonyl (C=O) groups excluding carboxylic acids is 1. The molecule has 8 heteroatoms. The molecule has 2 aromatic carbocycles. The summed E-state index contributed by atoms with van der Waals surface area (Å²) in [5.74, 6) is -0.544.